The molecule has 22 heavy (non-hydrogen) atoms. The predicted octanol–water partition coefficient (Wildman–Crippen LogP) is 5.31. The molecule has 0 aliphatic heterocycles. The number of hydrogen-bond donors (Lipinski definition) is 0. The summed E-state index contributed by atoms with van der Waals surface area (Å²) in [6, 6.07) is 14.8. The molecule has 0 aromatic heterocycles. The molecule has 0 radical (unpaired) electrons. The van der Waals surface area contributed by atoms with Crippen LogP contribution >= 0.6 is 0 Å². The lowest BCUT2D eigenvalue weighted by Gasteiger charge is -2.32. The van der Waals surface area contributed by atoms with Crippen LogP contribution in [-0.4, -0.2) is 5.78 Å². The van der Waals surface area contributed by atoms with Crippen molar-refractivity contribution in [3.63, 3.8) is 0 Å². The molecule has 0 amide bonds. The Morgan fingerprint density at radius 2 is 1.73 bits per heavy atom. The molecular formula is C21H22O. The van der Waals surface area contributed by atoms with Crippen LogP contribution in [0.4, 0.5) is 0 Å². The molecule has 1 nitrogen and oxygen atoms in total. The highest BCUT2D eigenvalue weighted by atomic mass is 16.1. The van der Waals surface area contributed by atoms with Gasteiger partial charge in [-0.2, -0.15) is 0 Å². The third kappa shape index (κ3) is 2.52. The predicted molar refractivity (Wildman–Crippen MR) is 92.3 cm³/mol. The van der Waals surface area contributed by atoms with Gasteiger partial charge in [0, 0.05) is 5.56 Å². The largest absolute Gasteiger partial charge is 0.295 e. The molecule has 112 valence electrons. The van der Waals surface area contributed by atoms with E-state index in [1.54, 1.807) is 6.92 Å². The molecule has 0 atom stereocenters. The van der Waals surface area contributed by atoms with Gasteiger partial charge in [0.15, 0.2) is 5.78 Å². The van der Waals surface area contributed by atoms with E-state index in [1.807, 2.05) is 6.07 Å². The molecule has 3 rings (SSSR count). The van der Waals surface area contributed by atoms with E-state index in [2.05, 4.69) is 63.2 Å². The first-order valence-corrected chi connectivity index (χ1v) is 7.81. The van der Waals surface area contributed by atoms with Gasteiger partial charge in [-0.25, -0.2) is 0 Å². The Labute approximate surface area is 132 Å². The van der Waals surface area contributed by atoms with E-state index >= 15 is 0 Å². The lowest BCUT2D eigenvalue weighted by atomic mass is 9.71. The molecular weight excluding hydrogens is 268 g/mol. The molecule has 2 aromatic carbocycles. The molecule has 0 fully saturated rings. The van der Waals surface area contributed by atoms with Gasteiger partial charge in [0.05, 0.1) is 0 Å². The first-order chi connectivity index (χ1) is 10.4. The molecule has 0 saturated carbocycles. The molecule has 0 N–H and O–H groups in total. The zero-order valence-electron chi connectivity index (χ0n) is 13.7. The van der Waals surface area contributed by atoms with E-state index in [9.17, 15) is 4.79 Å². The van der Waals surface area contributed by atoms with Crippen LogP contribution in [0.25, 0.3) is 5.57 Å². The van der Waals surface area contributed by atoms with Crippen LogP contribution in [0.1, 0.15) is 59.8 Å². The maximum atomic E-state index is 11.8. The summed E-state index contributed by atoms with van der Waals surface area (Å²) in [5, 5.41) is 0. The maximum absolute atomic E-state index is 11.8. The van der Waals surface area contributed by atoms with Crippen molar-refractivity contribution in [2.75, 3.05) is 0 Å². The summed E-state index contributed by atoms with van der Waals surface area (Å²) >= 11 is 0. The number of fused-ring (bicyclic) bond motifs is 1. The number of aryl methyl sites for hydroxylation is 1. The Morgan fingerprint density at radius 1 is 1.05 bits per heavy atom. The van der Waals surface area contributed by atoms with Gasteiger partial charge in [0.2, 0.25) is 0 Å². The summed E-state index contributed by atoms with van der Waals surface area (Å²) in [6.45, 7) is 8.26. The van der Waals surface area contributed by atoms with Crippen LogP contribution < -0.4 is 0 Å². The first-order valence-electron chi connectivity index (χ1n) is 7.81. The number of carbonyl (C=O) groups excluding carboxylic acids is 1. The number of allylic oxidation sites excluding steroid dienone is 1. The van der Waals surface area contributed by atoms with Crippen LogP contribution in [0.15, 0.2) is 48.5 Å². The van der Waals surface area contributed by atoms with E-state index in [-0.39, 0.29) is 11.2 Å². The fourth-order valence-corrected chi connectivity index (χ4v) is 3.16. The normalized spacial score (nSPS) is 15.9. The fourth-order valence-electron chi connectivity index (χ4n) is 3.16. The highest BCUT2D eigenvalue weighted by molar-refractivity contribution is 5.96. The summed E-state index contributed by atoms with van der Waals surface area (Å²) < 4.78 is 0. The van der Waals surface area contributed by atoms with Gasteiger partial charge in [0.1, 0.15) is 0 Å². The number of ketones is 1. The van der Waals surface area contributed by atoms with Crippen molar-refractivity contribution in [2.45, 2.75) is 39.5 Å². The average Bonchev–Trinajstić information content (AvgIpc) is 2.48. The minimum Gasteiger partial charge on any atom is -0.295 e. The van der Waals surface area contributed by atoms with Crippen LogP contribution in [0, 0.1) is 6.92 Å². The van der Waals surface area contributed by atoms with Crippen LogP contribution in [0.2, 0.25) is 0 Å². The maximum Gasteiger partial charge on any atom is 0.159 e. The lowest BCUT2D eigenvalue weighted by Crippen LogP contribution is -2.22. The number of Topliss-reactive ketones (excluding diaryl/α,β-unsaturated/α-hetero) is 1. The number of carbonyl (C=O) groups is 1. The Bertz CT molecular complexity index is 761. The van der Waals surface area contributed by atoms with Gasteiger partial charge >= 0.3 is 0 Å². The Kier molecular flexibility index (Phi) is 3.52. The lowest BCUT2D eigenvalue weighted by molar-refractivity contribution is 0.101. The standard InChI is InChI=1S/C21H22O/c1-14-5-7-16(8-6-14)18-11-12-21(3,4)20-10-9-17(15(2)22)13-19(18)20/h5-11,13H,12H2,1-4H3. The topological polar surface area (TPSA) is 17.1 Å². The highest BCUT2D eigenvalue weighted by Gasteiger charge is 2.28. The molecule has 1 heteroatoms. The summed E-state index contributed by atoms with van der Waals surface area (Å²) in [5.74, 6) is 0.120. The third-order valence-electron chi connectivity index (χ3n) is 4.62. The first kappa shape index (κ1) is 14.8. The number of rotatable bonds is 2. The minimum absolute atomic E-state index is 0.110. The second-order valence-electron chi connectivity index (χ2n) is 6.89. The van der Waals surface area contributed by atoms with Gasteiger partial charge < -0.3 is 0 Å². The Morgan fingerprint density at radius 3 is 2.36 bits per heavy atom. The highest BCUT2D eigenvalue weighted by Crippen LogP contribution is 2.41. The van der Waals surface area contributed by atoms with Crippen molar-refractivity contribution in [2.24, 2.45) is 0 Å². The van der Waals surface area contributed by atoms with E-state index in [0.29, 0.717) is 0 Å². The third-order valence-corrected chi connectivity index (χ3v) is 4.62. The molecule has 1 aliphatic rings. The summed E-state index contributed by atoms with van der Waals surface area (Å²) in [6.07, 6.45) is 3.33. The van der Waals surface area contributed by atoms with E-state index in [0.717, 1.165) is 12.0 Å². The fraction of sp³-hybridized carbons (Fsp3) is 0.286. The Balaban J connectivity index is 2.19. The summed E-state index contributed by atoms with van der Waals surface area (Å²) in [5.41, 5.74) is 7.16. The molecule has 0 heterocycles. The zero-order chi connectivity index (χ0) is 15.9. The monoisotopic (exact) mass is 290 g/mol. The second kappa shape index (κ2) is 5.24. The van der Waals surface area contributed by atoms with Crippen LogP contribution in [0.5, 0.6) is 0 Å². The average molecular weight is 290 g/mol. The molecule has 0 unspecified atom stereocenters. The van der Waals surface area contributed by atoms with Gasteiger partial charge in [-0.15, -0.1) is 0 Å². The van der Waals surface area contributed by atoms with Gasteiger partial charge in [0.25, 0.3) is 0 Å². The molecule has 1 aliphatic carbocycles. The zero-order valence-corrected chi connectivity index (χ0v) is 13.7. The van der Waals surface area contributed by atoms with Gasteiger partial charge in [-0.1, -0.05) is 61.9 Å². The van der Waals surface area contributed by atoms with E-state index < -0.39 is 0 Å². The SMILES string of the molecule is CC(=O)c1ccc2c(c1)C(c1ccc(C)cc1)=CCC2(C)C. The van der Waals surface area contributed by atoms with Crippen molar-refractivity contribution >= 4 is 11.4 Å². The molecule has 0 bridgehead atoms. The quantitative estimate of drug-likeness (QED) is 0.685. The van der Waals surface area contributed by atoms with Crippen LogP contribution in [-0.2, 0) is 5.41 Å². The second-order valence-corrected chi connectivity index (χ2v) is 6.89. The summed E-state index contributed by atoms with van der Waals surface area (Å²) in [7, 11) is 0. The van der Waals surface area contributed by atoms with Crippen molar-refractivity contribution in [1.29, 1.82) is 0 Å². The van der Waals surface area contributed by atoms with Gasteiger partial charge in [-0.3, -0.25) is 4.79 Å². The molecule has 0 spiro atoms. The van der Waals surface area contributed by atoms with Crippen molar-refractivity contribution < 1.29 is 4.79 Å². The van der Waals surface area contributed by atoms with E-state index in [4.69, 9.17) is 0 Å². The number of benzene rings is 2. The Hall–Kier alpha value is -2.15. The van der Waals surface area contributed by atoms with Gasteiger partial charge in [-0.05, 0) is 54.0 Å². The molecule has 2 aromatic rings. The number of hydrogen-bond acceptors (Lipinski definition) is 1. The smallest absolute Gasteiger partial charge is 0.159 e. The minimum atomic E-state index is 0.110. The van der Waals surface area contributed by atoms with E-state index in [1.165, 1.54) is 27.8 Å². The molecule has 0 saturated heterocycles. The van der Waals surface area contributed by atoms with Crippen LogP contribution in [0.3, 0.4) is 0 Å². The van der Waals surface area contributed by atoms with Crippen molar-refractivity contribution in [3.8, 4) is 0 Å². The van der Waals surface area contributed by atoms with Crippen molar-refractivity contribution in [3.05, 3.63) is 76.4 Å². The summed E-state index contributed by atoms with van der Waals surface area (Å²) in [4.78, 5) is 11.8. The van der Waals surface area contributed by atoms with Crippen molar-refractivity contribution in [1.82, 2.24) is 0 Å².